The van der Waals surface area contributed by atoms with Crippen LogP contribution in [0.1, 0.15) is 17.0 Å². The van der Waals surface area contributed by atoms with Crippen LogP contribution in [0.2, 0.25) is 0 Å². The molecule has 0 saturated heterocycles. The van der Waals surface area contributed by atoms with Gasteiger partial charge in [-0.05, 0) is 24.1 Å². The normalized spacial score (nSPS) is 10.7. The molecule has 1 aromatic heterocycles. The van der Waals surface area contributed by atoms with Crippen molar-refractivity contribution >= 4 is 0 Å². The minimum absolute atomic E-state index is 0.166. The molecule has 0 aliphatic carbocycles. The lowest BCUT2D eigenvalue weighted by Gasteiger charge is -2.04. The number of aryl methyl sites for hydroxylation is 1. The number of hydrogen-bond donors (Lipinski definition) is 1. The Morgan fingerprint density at radius 1 is 1.41 bits per heavy atom. The van der Waals surface area contributed by atoms with Crippen LogP contribution in [0.3, 0.4) is 0 Å². The molecule has 1 heterocycles. The Kier molecular flexibility index (Phi) is 3.82. The maximum Gasteiger partial charge on any atom is 0.227 e. The average Bonchev–Trinajstić information content (AvgIpc) is 2.82. The molecule has 0 atom stereocenters. The molecule has 2 aromatic rings. The molecular formula is C12H14FN3O. The van der Waals surface area contributed by atoms with Crippen LogP contribution in [0.5, 0.6) is 0 Å². The summed E-state index contributed by atoms with van der Waals surface area (Å²) in [5, 5.41) is 6.71. The summed E-state index contributed by atoms with van der Waals surface area (Å²) >= 11 is 0. The number of benzene rings is 1. The molecule has 0 bridgehead atoms. The number of nitrogens with zero attached hydrogens (tertiary/aromatic N) is 2. The van der Waals surface area contributed by atoms with Crippen molar-refractivity contribution in [2.45, 2.75) is 19.9 Å². The third-order valence-corrected chi connectivity index (χ3v) is 2.49. The quantitative estimate of drug-likeness (QED) is 0.803. The summed E-state index contributed by atoms with van der Waals surface area (Å²) in [6.07, 6.45) is 2.05. The molecule has 0 spiro atoms. The van der Waals surface area contributed by atoms with Gasteiger partial charge in [0.25, 0.3) is 0 Å². The standard InChI is InChI=1S/C12H14FN3O/c1-9-2-3-10(6-11(9)13)7-14-5-4-12-15-8-16-17-12/h2-3,6,8,14H,4-5,7H2,1H3. The lowest BCUT2D eigenvalue weighted by Crippen LogP contribution is -2.16. The number of hydrogen-bond acceptors (Lipinski definition) is 4. The van der Waals surface area contributed by atoms with Crippen molar-refractivity contribution < 1.29 is 8.91 Å². The number of halogens is 1. The van der Waals surface area contributed by atoms with E-state index in [2.05, 4.69) is 15.5 Å². The smallest absolute Gasteiger partial charge is 0.227 e. The van der Waals surface area contributed by atoms with Gasteiger partial charge >= 0.3 is 0 Å². The first-order valence-electron chi connectivity index (χ1n) is 5.47. The molecule has 4 nitrogen and oxygen atoms in total. The first-order valence-corrected chi connectivity index (χ1v) is 5.47. The summed E-state index contributed by atoms with van der Waals surface area (Å²) in [6, 6.07) is 5.25. The van der Waals surface area contributed by atoms with E-state index in [0.29, 0.717) is 24.4 Å². The predicted octanol–water partition coefficient (Wildman–Crippen LogP) is 1.85. The molecule has 17 heavy (non-hydrogen) atoms. The van der Waals surface area contributed by atoms with Gasteiger partial charge in [-0.1, -0.05) is 17.3 Å². The number of aromatic nitrogens is 2. The van der Waals surface area contributed by atoms with Crippen molar-refractivity contribution in [3.63, 3.8) is 0 Å². The average molecular weight is 235 g/mol. The van der Waals surface area contributed by atoms with Gasteiger partial charge in [-0.15, -0.1) is 0 Å². The maximum atomic E-state index is 13.3. The molecule has 5 heteroatoms. The van der Waals surface area contributed by atoms with E-state index in [-0.39, 0.29) is 5.82 Å². The fourth-order valence-corrected chi connectivity index (χ4v) is 1.48. The highest BCUT2D eigenvalue weighted by Crippen LogP contribution is 2.08. The molecule has 1 N–H and O–H groups in total. The summed E-state index contributed by atoms with van der Waals surface area (Å²) in [6.45, 7) is 3.10. The lowest BCUT2D eigenvalue weighted by atomic mass is 10.1. The van der Waals surface area contributed by atoms with E-state index in [4.69, 9.17) is 4.52 Å². The second-order valence-electron chi connectivity index (χ2n) is 3.85. The molecule has 0 radical (unpaired) electrons. The van der Waals surface area contributed by atoms with Crippen molar-refractivity contribution in [3.05, 3.63) is 47.4 Å². The van der Waals surface area contributed by atoms with E-state index >= 15 is 0 Å². The van der Waals surface area contributed by atoms with Gasteiger partial charge in [-0.3, -0.25) is 0 Å². The predicted molar refractivity (Wildman–Crippen MR) is 60.8 cm³/mol. The van der Waals surface area contributed by atoms with Crippen molar-refractivity contribution in [2.24, 2.45) is 0 Å². The minimum Gasteiger partial charge on any atom is -0.340 e. The van der Waals surface area contributed by atoms with Crippen LogP contribution in [0, 0.1) is 12.7 Å². The Morgan fingerprint density at radius 3 is 3.00 bits per heavy atom. The van der Waals surface area contributed by atoms with Crippen molar-refractivity contribution in [1.29, 1.82) is 0 Å². The van der Waals surface area contributed by atoms with Crippen molar-refractivity contribution in [1.82, 2.24) is 15.5 Å². The molecule has 0 fully saturated rings. The Balaban J connectivity index is 1.76. The fraction of sp³-hybridized carbons (Fsp3) is 0.333. The van der Waals surface area contributed by atoms with E-state index in [1.54, 1.807) is 19.1 Å². The molecule has 0 amide bonds. The zero-order chi connectivity index (χ0) is 12.1. The second kappa shape index (κ2) is 5.54. The highest BCUT2D eigenvalue weighted by Gasteiger charge is 2.00. The summed E-state index contributed by atoms with van der Waals surface area (Å²) < 4.78 is 18.1. The van der Waals surface area contributed by atoms with Gasteiger partial charge in [0.1, 0.15) is 5.82 Å². The molecule has 0 unspecified atom stereocenters. The number of nitrogens with one attached hydrogen (secondary N) is 1. The lowest BCUT2D eigenvalue weighted by molar-refractivity contribution is 0.375. The maximum absolute atomic E-state index is 13.3. The Hall–Kier alpha value is -1.75. The molecule has 90 valence electrons. The van der Waals surface area contributed by atoms with Crippen molar-refractivity contribution in [2.75, 3.05) is 6.54 Å². The molecule has 2 rings (SSSR count). The van der Waals surface area contributed by atoms with Gasteiger partial charge in [-0.2, -0.15) is 4.98 Å². The van der Waals surface area contributed by atoms with Crippen LogP contribution in [-0.4, -0.2) is 16.7 Å². The van der Waals surface area contributed by atoms with Crippen LogP contribution in [0.15, 0.2) is 29.0 Å². The first-order chi connectivity index (χ1) is 8.25. The Morgan fingerprint density at radius 2 is 2.29 bits per heavy atom. The first kappa shape index (κ1) is 11.7. The summed E-state index contributed by atoms with van der Waals surface area (Å²) in [7, 11) is 0. The van der Waals surface area contributed by atoms with E-state index in [1.165, 1.54) is 6.33 Å². The monoisotopic (exact) mass is 235 g/mol. The summed E-state index contributed by atoms with van der Waals surface area (Å²) in [4.78, 5) is 3.91. The summed E-state index contributed by atoms with van der Waals surface area (Å²) in [5.41, 5.74) is 1.60. The Labute approximate surface area is 98.8 Å². The molecule has 1 aromatic carbocycles. The minimum atomic E-state index is -0.166. The highest BCUT2D eigenvalue weighted by molar-refractivity contribution is 5.23. The van der Waals surface area contributed by atoms with Gasteiger partial charge in [-0.25, -0.2) is 4.39 Å². The third-order valence-electron chi connectivity index (χ3n) is 2.49. The largest absolute Gasteiger partial charge is 0.340 e. The zero-order valence-corrected chi connectivity index (χ0v) is 9.61. The van der Waals surface area contributed by atoms with Gasteiger partial charge in [0.2, 0.25) is 5.89 Å². The van der Waals surface area contributed by atoms with Crippen LogP contribution in [-0.2, 0) is 13.0 Å². The van der Waals surface area contributed by atoms with Crippen LogP contribution in [0.4, 0.5) is 4.39 Å². The summed E-state index contributed by atoms with van der Waals surface area (Å²) in [5.74, 6) is 0.439. The van der Waals surface area contributed by atoms with E-state index < -0.39 is 0 Å². The van der Waals surface area contributed by atoms with Gasteiger partial charge in [0.15, 0.2) is 6.33 Å². The van der Waals surface area contributed by atoms with E-state index in [9.17, 15) is 4.39 Å². The molecule has 0 aliphatic rings. The van der Waals surface area contributed by atoms with Crippen LogP contribution < -0.4 is 5.32 Å². The molecular weight excluding hydrogens is 221 g/mol. The van der Waals surface area contributed by atoms with Gasteiger partial charge in [0, 0.05) is 19.5 Å². The zero-order valence-electron chi connectivity index (χ0n) is 9.61. The molecule has 0 saturated carbocycles. The third kappa shape index (κ3) is 3.35. The number of rotatable bonds is 5. The van der Waals surface area contributed by atoms with Crippen LogP contribution >= 0.6 is 0 Å². The SMILES string of the molecule is Cc1ccc(CNCCc2ncno2)cc1F. The van der Waals surface area contributed by atoms with Gasteiger partial charge in [0.05, 0.1) is 0 Å². The van der Waals surface area contributed by atoms with E-state index in [0.717, 1.165) is 12.1 Å². The van der Waals surface area contributed by atoms with Crippen LogP contribution in [0.25, 0.3) is 0 Å². The van der Waals surface area contributed by atoms with E-state index in [1.807, 2.05) is 6.07 Å². The van der Waals surface area contributed by atoms with Crippen molar-refractivity contribution in [3.8, 4) is 0 Å². The topological polar surface area (TPSA) is 51.0 Å². The second-order valence-corrected chi connectivity index (χ2v) is 3.85. The molecule has 0 aliphatic heterocycles. The highest BCUT2D eigenvalue weighted by atomic mass is 19.1. The fourth-order valence-electron chi connectivity index (χ4n) is 1.48. The Bertz CT molecular complexity index is 471. The van der Waals surface area contributed by atoms with Gasteiger partial charge < -0.3 is 9.84 Å².